The summed E-state index contributed by atoms with van der Waals surface area (Å²) in [5, 5.41) is 0. The Labute approximate surface area is 191 Å². The zero-order valence-electron chi connectivity index (χ0n) is 8.48. The molecule has 0 atom stereocenters. The molecule has 96 valence electrons. The summed E-state index contributed by atoms with van der Waals surface area (Å²) < 4.78 is 26.0. The third-order valence-electron chi connectivity index (χ3n) is 0. The second-order valence-electron chi connectivity index (χ2n) is 1.41. The Balaban J connectivity index is -0.0000000277. The van der Waals surface area contributed by atoms with Gasteiger partial charge in [-0.25, -0.2) is 4.57 Å². The van der Waals surface area contributed by atoms with E-state index < -0.39 is 23.5 Å². The first kappa shape index (κ1) is 38.0. The molecule has 3 N–H and O–H groups in total. The Morgan fingerprint density at radius 2 is 0.556 bits per heavy atom. The van der Waals surface area contributed by atoms with E-state index in [2.05, 4.69) is 0 Å². The molecule has 18 heavy (non-hydrogen) atoms. The van der Waals surface area contributed by atoms with E-state index >= 15 is 0 Å². The average Bonchev–Trinajstić information content (AvgIpc) is 1.41. The van der Waals surface area contributed by atoms with Crippen molar-refractivity contribution in [1.29, 1.82) is 0 Å². The second kappa shape index (κ2) is 17.5. The topological polar surface area (TPSA) is 250 Å². The summed E-state index contributed by atoms with van der Waals surface area (Å²) in [5.41, 5.74) is 0. The van der Waals surface area contributed by atoms with Crippen molar-refractivity contribution in [1.82, 2.24) is 0 Å². The SMILES string of the molecule is O=P(O)(O)O.O=P([O-])([O-])[O-].O=P([O-])([O-])[O-].[Ca+2].[Ca+2].[Ca+2]. The van der Waals surface area contributed by atoms with Crippen LogP contribution < -0.4 is 29.4 Å². The minimum atomic E-state index is -5.39. The summed E-state index contributed by atoms with van der Waals surface area (Å²) in [6.07, 6.45) is 0. The zero-order valence-corrected chi connectivity index (χ0v) is 17.8. The monoisotopic (exact) mass is 408 g/mol. The van der Waals surface area contributed by atoms with Crippen LogP contribution in [0.25, 0.3) is 0 Å². The molecule has 0 bridgehead atoms. The molecule has 0 aliphatic rings. The Morgan fingerprint density at radius 3 is 0.556 bits per heavy atom. The van der Waals surface area contributed by atoms with Gasteiger partial charge in [0.15, 0.2) is 0 Å². The van der Waals surface area contributed by atoms with Crippen molar-refractivity contribution in [2.45, 2.75) is 0 Å². The molecule has 0 aromatic rings. The predicted molar refractivity (Wildman–Crippen MR) is 46.7 cm³/mol. The Kier molecular flexibility index (Phi) is 36.8. The predicted octanol–water partition coefficient (Wildman–Crippen LogP) is -7.72. The first-order valence-electron chi connectivity index (χ1n) is 2.24. The van der Waals surface area contributed by atoms with Crippen LogP contribution in [0.1, 0.15) is 0 Å². The van der Waals surface area contributed by atoms with Gasteiger partial charge in [-0.15, -0.1) is 0 Å². The number of rotatable bonds is 0. The van der Waals surface area contributed by atoms with E-state index in [9.17, 15) is 0 Å². The van der Waals surface area contributed by atoms with Gasteiger partial charge >= 0.3 is 121 Å². The molecule has 0 heterocycles. The number of hydrogen-bond donors (Lipinski definition) is 3. The molecule has 0 rings (SSSR count). The van der Waals surface area contributed by atoms with Crippen LogP contribution in [0.4, 0.5) is 0 Å². The maximum Gasteiger partial charge on any atom is 2.00 e. The Morgan fingerprint density at radius 1 is 0.556 bits per heavy atom. The largest absolute Gasteiger partial charge is 2.00 e. The first-order chi connectivity index (χ1) is 6.00. The quantitative estimate of drug-likeness (QED) is 0.250. The Bertz CT molecular complexity index is 209. The van der Waals surface area contributed by atoms with Crippen molar-refractivity contribution in [3.63, 3.8) is 0 Å². The smallest absolute Gasteiger partial charge is 0.822 e. The van der Waals surface area contributed by atoms with E-state index in [1.807, 2.05) is 0 Å². The fourth-order valence-corrected chi connectivity index (χ4v) is 0. The van der Waals surface area contributed by atoms with Crippen LogP contribution in [0.2, 0.25) is 0 Å². The molecule has 0 aromatic heterocycles. The van der Waals surface area contributed by atoms with Crippen LogP contribution in [0, 0.1) is 0 Å². The van der Waals surface area contributed by atoms with E-state index in [1.54, 1.807) is 0 Å². The summed E-state index contributed by atoms with van der Waals surface area (Å²) in [5.74, 6) is 0. The summed E-state index contributed by atoms with van der Waals surface area (Å²) in [6.45, 7) is 0. The van der Waals surface area contributed by atoms with E-state index in [4.69, 9.17) is 57.7 Å². The van der Waals surface area contributed by atoms with E-state index in [0.29, 0.717) is 0 Å². The molecule has 0 radical (unpaired) electrons. The maximum atomic E-state index is 8.88. The zero-order chi connectivity index (χ0) is 13.5. The van der Waals surface area contributed by atoms with Gasteiger partial charge in [0.2, 0.25) is 0 Å². The number of hydrogen-bond acceptors (Lipinski definition) is 9. The molecule has 0 saturated carbocycles. The summed E-state index contributed by atoms with van der Waals surface area (Å²) in [6, 6.07) is 0. The maximum absolute atomic E-state index is 8.88. The molecule has 0 aliphatic carbocycles. The third-order valence-corrected chi connectivity index (χ3v) is 0. The molecular formula is H3Ca3O12P3. The number of phosphoric acid groups is 3. The minimum absolute atomic E-state index is 0. The van der Waals surface area contributed by atoms with Gasteiger partial charge < -0.3 is 53.2 Å². The van der Waals surface area contributed by atoms with Gasteiger partial charge in [0.25, 0.3) is 0 Å². The molecule has 18 heteroatoms. The van der Waals surface area contributed by atoms with Gasteiger partial charge in [0, 0.05) is 0 Å². The van der Waals surface area contributed by atoms with Crippen LogP contribution in [0.5, 0.6) is 0 Å². The molecular weight excluding hydrogens is 405 g/mol. The van der Waals surface area contributed by atoms with Crippen molar-refractivity contribution in [3.05, 3.63) is 0 Å². The van der Waals surface area contributed by atoms with Crippen molar-refractivity contribution in [3.8, 4) is 0 Å². The van der Waals surface area contributed by atoms with Gasteiger partial charge in [-0.1, -0.05) is 0 Å². The third kappa shape index (κ3) is 435. The standard InChI is InChI=1S/3Ca.3H3O4P/c;;;3*1-5(2,3)4/h;;;3*(H3,1,2,3,4)/q3*+2;;;/p-6. The molecule has 0 fully saturated rings. The fraction of sp³-hybridized carbons (Fsp3) is 0. The normalized spacial score (nSPS) is 9.83. The van der Waals surface area contributed by atoms with Gasteiger partial charge in [-0.3, -0.25) is 0 Å². The summed E-state index contributed by atoms with van der Waals surface area (Å²) in [4.78, 5) is 72.9. The van der Waals surface area contributed by atoms with E-state index in [1.165, 1.54) is 0 Å². The van der Waals surface area contributed by atoms with Crippen LogP contribution in [-0.4, -0.2) is 128 Å². The van der Waals surface area contributed by atoms with Gasteiger partial charge in [-0.05, 0) is 0 Å². The average molecular weight is 408 g/mol. The second-order valence-corrected chi connectivity index (χ2v) is 4.22. The molecule has 0 saturated heterocycles. The molecule has 0 aromatic carbocycles. The van der Waals surface area contributed by atoms with Crippen molar-refractivity contribution in [2.24, 2.45) is 0 Å². The van der Waals surface area contributed by atoms with Crippen LogP contribution >= 0.6 is 23.5 Å². The van der Waals surface area contributed by atoms with Gasteiger partial charge in [0.1, 0.15) is 0 Å². The Hall–Kier alpha value is 4.11. The molecule has 0 spiro atoms. The fourth-order valence-electron chi connectivity index (χ4n) is 0. The van der Waals surface area contributed by atoms with Crippen LogP contribution in [-0.2, 0) is 13.7 Å². The summed E-state index contributed by atoms with van der Waals surface area (Å²) >= 11 is 0. The molecule has 12 nitrogen and oxygen atoms in total. The van der Waals surface area contributed by atoms with Crippen molar-refractivity contribution >= 4 is 137 Å². The van der Waals surface area contributed by atoms with Gasteiger partial charge in [-0.2, -0.15) is 15.6 Å². The molecule has 0 aliphatic heterocycles. The van der Waals surface area contributed by atoms with Gasteiger partial charge in [0.05, 0.1) is 0 Å². The van der Waals surface area contributed by atoms with E-state index in [-0.39, 0.29) is 113 Å². The van der Waals surface area contributed by atoms with E-state index in [0.717, 1.165) is 0 Å². The van der Waals surface area contributed by atoms with Crippen LogP contribution in [0.3, 0.4) is 0 Å². The molecule has 0 amide bonds. The van der Waals surface area contributed by atoms with Crippen molar-refractivity contribution in [2.75, 3.05) is 0 Å². The minimum Gasteiger partial charge on any atom is -0.822 e. The molecule has 0 unspecified atom stereocenters. The van der Waals surface area contributed by atoms with Crippen LogP contribution in [0.15, 0.2) is 0 Å². The first-order valence-corrected chi connectivity index (χ1v) is 6.73. The summed E-state index contributed by atoms with van der Waals surface area (Å²) in [7, 11) is -15.4. The van der Waals surface area contributed by atoms with Crippen molar-refractivity contribution < 1.29 is 57.7 Å².